The van der Waals surface area contributed by atoms with E-state index in [1.165, 1.54) is 24.0 Å². The van der Waals surface area contributed by atoms with Crippen LogP contribution in [0.2, 0.25) is 0 Å². The summed E-state index contributed by atoms with van der Waals surface area (Å²) < 4.78 is 10.5. The molecule has 3 aliphatic rings. The summed E-state index contributed by atoms with van der Waals surface area (Å²) in [6.45, 7) is 2.92. The van der Waals surface area contributed by atoms with Gasteiger partial charge in [-0.1, -0.05) is 18.2 Å². The molecule has 0 radical (unpaired) electrons. The molecule has 1 aliphatic carbocycles. The van der Waals surface area contributed by atoms with Crippen molar-refractivity contribution >= 4 is 33.8 Å². The molecule has 1 saturated carbocycles. The number of nitrogens with one attached hydrogen (secondary N) is 1. The van der Waals surface area contributed by atoms with E-state index in [2.05, 4.69) is 40.4 Å². The van der Waals surface area contributed by atoms with Crippen LogP contribution >= 0.6 is 0 Å². The van der Waals surface area contributed by atoms with Crippen LogP contribution in [0, 0.1) is 0 Å². The Morgan fingerprint density at radius 3 is 2.85 bits per heavy atom. The maximum absolute atomic E-state index is 13.5. The number of fused-ring (bicyclic) bond motifs is 7. The van der Waals surface area contributed by atoms with Gasteiger partial charge in [-0.2, -0.15) is 4.98 Å². The second-order valence-electron chi connectivity index (χ2n) is 11.0. The van der Waals surface area contributed by atoms with Crippen LogP contribution in [-0.2, 0) is 25.0 Å². The summed E-state index contributed by atoms with van der Waals surface area (Å²) in [6, 6.07) is 12.0. The average molecular weight is 522 g/mol. The number of benzene rings is 2. The predicted molar refractivity (Wildman–Crippen MR) is 148 cm³/mol. The number of rotatable bonds is 2. The van der Waals surface area contributed by atoms with E-state index in [-0.39, 0.29) is 11.3 Å². The van der Waals surface area contributed by atoms with Gasteiger partial charge in [-0.15, -0.1) is 0 Å². The lowest BCUT2D eigenvalue weighted by molar-refractivity contribution is 0.271. The molecule has 10 nitrogen and oxygen atoms in total. The zero-order chi connectivity index (χ0) is 26.3. The van der Waals surface area contributed by atoms with E-state index < -0.39 is 0 Å². The molecule has 0 saturated heterocycles. The smallest absolute Gasteiger partial charge is 0.408 e. The van der Waals surface area contributed by atoms with Gasteiger partial charge in [0.1, 0.15) is 5.39 Å². The van der Waals surface area contributed by atoms with Crippen LogP contribution in [0.15, 0.2) is 68.8 Å². The van der Waals surface area contributed by atoms with Gasteiger partial charge in [-0.25, -0.2) is 19.1 Å². The fraction of sp³-hybridized carbons (Fsp3) is 0.310. The quantitative estimate of drug-likeness (QED) is 0.354. The number of nitrogens with zero attached hydrogens (tertiary/aromatic N) is 6. The normalized spacial score (nSPS) is 18.7. The molecule has 0 unspecified atom stereocenters. The summed E-state index contributed by atoms with van der Waals surface area (Å²) in [4.78, 5) is 37.6. The van der Waals surface area contributed by atoms with Crippen LogP contribution < -0.4 is 16.6 Å². The first kappa shape index (κ1) is 22.5. The Morgan fingerprint density at radius 1 is 1.08 bits per heavy atom. The van der Waals surface area contributed by atoms with Gasteiger partial charge in [0.05, 0.1) is 17.7 Å². The molecule has 1 fully saturated rings. The first-order chi connectivity index (χ1) is 19.0. The van der Waals surface area contributed by atoms with Crippen molar-refractivity contribution < 1.29 is 4.42 Å². The first-order valence-corrected chi connectivity index (χ1v) is 13.4. The number of allylic oxidation sites excluding steroid dienone is 2. The van der Waals surface area contributed by atoms with Crippen LogP contribution in [0.1, 0.15) is 30.4 Å². The maximum Gasteiger partial charge on any atom is 0.419 e. The van der Waals surface area contributed by atoms with Crippen molar-refractivity contribution in [1.29, 1.82) is 0 Å². The molecular weight excluding hydrogens is 494 g/mol. The van der Waals surface area contributed by atoms with Gasteiger partial charge in [0.15, 0.2) is 11.2 Å². The summed E-state index contributed by atoms with van der Waals surface area (Å²) >= 11 is 0. The Hall–Kier alpha value is -4.44. The SMILES string of the molecule is CN1Cc2cc(Nc3ncc4c(=O)n5n(c4n3)-c3ccc4oc(=O)n(c4c3)CC/C=C/C5)ccc2C2(CC2)C1. The highest BCUT2D eigenvalue weighted by molar-refractivity contribution is 5.80. The van der Waals surface area contributed by atoms with Gasteiger partial charge in [0, 0.05) is 36.9 Å². The fourth-order valence-corrected chi connectivity index (χ4v) is 6.38. The molecule has 5 heterocycles. The number of aryl methyl sites for hydroxylation is 1. The molecule has 3 aromatic heterocycles. The molecule has 1 spiro atoms. The number of anilines is 2. The molecule has 1 N–H and O–H groups in total. The number of hydrogen-bond acceptors (Lipinski definition) is 7. The number of aromatic nitrogens is 5. The molecule has 8 rings (SSSR count). The molecule has 5 aromatic rings. The molecule has 0 amide bonds. The second kappa shape index (κ2) is 8.03. The maximum atomic E-state index is 13.5. The predicted octanol–water partition coefficient (Wildman–Crippen LogP) is 3.67. The van der Waals surface area contributed by atoms with E-state index in [9.17, 15) is 9.59 Å². The summed E-state index contributed by atoms with van der Waals surface area (Å²) in [7, 11) is 2.18. The number of hydrogen-bond donors (Lipinski definition) is 1. The minimum absolute atomic E-state index is 0.170. The molecular formula is C29H27N7O3. The van der Waals surface area contributed by atoms with Gasteiger partial charge in [0.2, 0.25) is 5.95 Å². The largest absolute Gasteiger partial charge is 0.419 e. The Bertz CT molecular complexity index is 1950. The fourth-order valence-electron chi connectivity index (χ4n) is 6.38. The molecule has 39 heavy (non-hydrogen) atoms. The van der Waals surface area contributed by atoms with Gasteiger partial charge in [0.25, 0.3) is 5.56 Å². The van der Waals surface area contributed by atoms with Crippen molar-refractivity contribution in [2.45, 2.75) is 44.3 Å². The zero-order valence-corrected chi connectivity index (χ0v) is 21.6. The summed E-state index contributed by atoms with van der Waals surface area (Å²) in [5, 5.41) is 3.80. The lowest BCUT2D eigenvalue weighted by Crippen LogP contribution is -2.35. The van der Waals surface area contributed by atoms with E-state index in [4.69, 9.17) is 9.40 Å². The highest BCUT2D eigenvalue weighted by Crippen LogP contribution is 2.52. The Kier molecular flexibility index (Phi) is 4.64. The molecule has 0 atom stereocenters. The van der Waals surface area contributed by atoms with Crippen LogP contribution in [-0.4, -0.2) is 42.4 Å². The van der Waals surface area contributed by atoms with Gasteiger partial charge < -0.3 is 14.6 Å². The van der Waals surface area contributed by atoms with E-state index in [0.717, 1.165) is 24.5 Å². The van der Waals surface area contributed by atoms with E-state index >= 15 is 0 Å². The van der Waals surface area contributed by atoms with E-state index in [0.29, 0.717) is 53.0 Å². The van der Waals surface area contributed by atoms with Crippen molar-refractivity contribution in [2.24, 2.45) is 0 Å². The highest BCUT2D eigenvalue weighted by atomic mass is 16.4. The molecule has 2 bridgehead atoms. The van der Waals surface area contributed by atoms with Gasteiger partial charge in [-0.3, -0.25) is 9.36 Å². The third-order valence-electron chi connectivity index (χ3n) is 8.33. The average Bonchev–Trinajstić information content (AvgIpc) is 3.53. The Morgan fingerprint density at radius 2 is 1.97 bits per heavy atom. The van der Waals surface area contributed by atoms with Crippen LogP contribution in [0.25, 0.3) is 27.8 Å². The standard InChI is InChI=1S/C29H27N7O3/c1-33-16-18-13-19(5-7-22(18)29(17-33)9-10-29)31-27-30-15-21-25(32-27)36-20-6-8-24-23(14-20)34(28(38)39-24)11-3-2-4-12-35(36)26(21)37/h2,4-8,13-15H,3,9-12,16-17H2,1H3,(H,30,31,32)/b4-2+. The van der Waals surface area contributed by atoms with E-state index in [1.807, 2.05) is 24.3 Å². The molecule has 2 aliphatic heterocycles. The second-order valence-corrected chi connectivity index (χ2v) is 11.0. The minimum Gasteiger partial charge on any atom is -0.408 e. The van der Waals surface area contributed by atoms with Crippen LogP contribution in [0.5, 0.6) is 0 Å². The monoisotopic (exact) mass is 521 g/mol. The molecule has 196 valence electrons. The van der Waals surface area contributed by atoms with Crippen molar-refractivity contribution in [1.82, 2.24) is 28.8 Å². The number of oxazole rings is 1. The third-order valence-corrected chi connectivity index (χ3v) is 8.33. The Balaban J connectivity index is 1.25. The van der Waals surface area contributed by atoms with Crippen molar-refractivity contribution in [2.75, 3.05) is 18.9 Å². The lowest BCUT2D eigenvalue weighted by Gasteiger charge is -2.32. The zero-order valence-electron chi connectivity index (χ0n) is 21.6. The van der Waals surface area contributed by atoms with E-state index in [1.54, 1.807) is 26.2 Å². The summed E-state index contributed by atoms with van der Waals surface area (Å²) in [5.41, 5.74) is 6.30. The third kappa shape index (κ3) is 3.44. The van der Waals surface area contributed by atoms with Crippen LogP contribution in [0.3, 0.4) is 0 Å². The van der Waals surface area contributed by atoms with Crippen molar-refractivity contribution in [3.8, 4) is 5.69 Å². The topological polar surface area (TPSA) is 103 Å². The van der Waals surface area contributed by atoms with Crippen LogP contribution in [0.4, 0.5) is 11.6 Å². The minimum atomic E-state index is -0.387. The summed E-state index contributed by atoms with van der Waals surface area (Å²) in [6.07, 6.45) is 8.66. The van der Waals surface area contributed by atoms with Gasteiger partial charge in [-0.05, 0) is 67.8 Å². The van der Waals surface area contributed by atoms with Crippen molar-refractivity contribution in [3.63, 3.8) is 0 Å². The molecule has 2 aromatic carbocycles. The van der Waals surface area contributed by atoms with Crippen molar-refractivity contribution in [3.05, 3.63) is 86.8 Å². The highest BCUT2D eigenvalue weighted by Gasteiger charge is 2.48. The number of likely N-dealkylation sites (N-methyl/N-ethyl adjacent to an activating group) is 1. The van der Waals surface area contributed by atoms with Gasteiger partial charge >= 0.3 is 5.76 Å². The Labute approximate surface area is 222 Å². The first-order valence-electron chi connectivity index (χ1n) is 13.4. The summed E-state index contributed by atoms with van der Waals surface area (Å²) in [5.74, 6) is 0.0296. The lowest BCUT2D eigenvalue weighted by atomic mass is 9.87. The molecule has 10 heteroatoms.